The number of hydrogen-bond donors (Lipinski definition) is 5. The number of halogens is 2. The summed E-state index contributed by atoms with van der Waals surface area (Å²) >= 11 is 1.58. The number of phenols is 1. The number of nitrogens with zero attached hydrogens (tertiary/aromatic N) is 7. The molecule has 0 spiro atoms. The first-order chi connectivity index (χ1) is 38.9. The van der Waals surface area contributed by atoms with Crippen LogP contribution in [-0.2, 0) is 14.4 Å². The fourth-order valence-electron chi connectivity index (χ4n) is 12.2. The molecule has 81 heavy (non-hydrogen) atoms. The van der Waals surface area contributed by atoms with E-state index in [0.717, 1.165) is 92.6 Å². The van der Waals surface area contributed by atoms with E-state index in [2.05, 4.69) is 46.6 Å². The van der Waals surface area contributed by atoms with E-state index in [4.69, 9.17) is 16.1 Å². The third-order valence-electron chi connectivity index (χ3n) is 16.6. The first kappa shape index (κ1) is 57.4. The van der Waals surface area contributed by atoms with Crippen molar-refractivity contribution in [1.29, 1.82) is 0 Å². The molecule has 3 amide bonds. The van der Waals surface area contributed by atoms with Gasteiger partial charge in [-0.25, -0.2) is 13.8 Å². The number of amides is 3. The van der Waals surface area contributed by atoms with Gasteiger partial charge in [0.1, 0.15) is 46.8 Å². The maximum absolute atomic E-state index is 17.1. The van der Waals surface area contributed by atoms with Gasteiger partial charge in [-0.3, -0.25) is 24.3 Å². The van der Waals surface area contributed by atoms with Crippen LogP contribution in [0.1, 0.15) is 128 Å². The number of aromatic nitrogens is 4. The van der Waals surface area contributed by atoms with Crippen molar-refractivity contribution in [2.75, 3.05) is 44.2 Å². The van der Waals surface area contributed by atoms with Gasteiger partial charge in [0, 0.05) is 74.8 Å². The van der Waals surface area contributed by atoms with Gasteiger partial charge in [-0.05, 0) is 92.6 Å². The van der Waals surface area contributed by atoms with E-state index in [1.165, 1.54) is 29.2 Å². The Bertz CT molecular complexity index is 3320. The first-order valence-corrected chi connectivity index (χ1v) is 29.6. The van der Waals surface area contributed by atoms with Crippen molar-refractivity contribution in [2.45, 2.75) is 154 Å². The second-order valence-electron chi connectivity index (χ2n) is 23.6. The second kappa shape index (κ2) is 24.7. The average molecular weight is 1130 g/mol. The number of piperazine rings is 1. The average Bonchev–Trinajstić information content (AvgIpc) is 4.21. The lowest BCUT2D eigenvalue weighted by Gasteiger charge is -2.35. The number of β-amino-alcohol motifs (C(OH)–C–C–N with tert-alkyl or cyclic N) is 1. The minimum Gasteiger partial charge on any atom is -0.508 e. The van der Waals surface area contributed by atoms with E-state index < -0.39 is 35.2 Å². The van der Waals surface area contributed by atoms with Gasteiger partial charge in [-0.2, -0.15) is 9.97 Å². The molecular formula is C62H74F2N10O6S. The van der Waals surface area contributed by atoms with Gasteiger partial charge < -0.3 is 40.7 Å². The maximum Gasteiger partial charge on any atom is 0.319 e. The van der Waals surface area contributed by atoms with Crippen LogP contribution in [0.4, 0.5) is 14.6 Å². The monoisotopic (exact) mass is 1120 g/mol. The summed E-state index contributed by atoms with van der Waals surface area (Å²) in [5, 5.41) is 32.3. The molecule has 4 aliphatic rings. The SMILES string of the molecule is C#Cc1c(F)ccc2cc(O)cc(-c3ncc4c(N5CC6CCC(C5)N6)nc(OC5CCN(CCCCCCCCCC(=O)N[C@H](C(=O)N6C[C@H](O)C[C@H]6C(=O)N[C@@H](C)c6ccc(-c7scnc7C)cc6)C(C)(C)C)C5)nc4c3F)c12. The number of rotatable bonds is 20. The first-order valence-electron chi connectivity index (χ1n) is 28.7. The lowest BCUT2D eigenvalue weighted by molar-refractivity contribution is -0.144. The number of terminal acetylenes is 1. The Labute approximate surface area is 476 Å². The predicted molar refractivity (Wildman–Crippen MR) is 311 cm³/mol. The van der Waals surface area contributed by atoms with E-state index >= 15 is 8.78 Å². The van der Waals surface area contributed by atoms with Crippen molar-refractivity contribution in [1.82, 2.24) is 45.7 Å². The molecule has 428 valence electrons. The molecular weight excluding hydrogens is 1050 g/mol. The Hall–Kier alpha value is -6.85. The number of carbonyl (C=O) groups excluding carboxylic acids is 3. The summed E-state index contributed by atoms with van der Waals surface area (Å²) in [5.41, 5.74) is 4.10. The topological polar surface area (TPSA) is 198 Å². The molecule has 6 aromatic rings. The van der Waals surface area contributed by atoms with Crippen LogP contribution in [-0.4, -0.2) is 133 Å². The van der Waals surface area contributed by atoms with Crippen LogP contribution in [0.25, 0.3) is 43.4 Å². The van der Waals surface area contributed by atoms with Gasteiger partial charge in [0.15, 0.2) is 5.82 Å². The number of aromatic hydroxyl groups is 1. The molecule has 7 atom stereocenters. The van der Waals surface area contributed by atoms with Crippen molar-refractivity contribution in [3.63, 3.8) is 0 Å². The fraction of sp³-hybridized carbons (Fsp3) is 0.500. The second-order valence-corrected chi connectivity index (χ2v) is 24.5. The largest absolute Gasteiger partial charge is 0.508 e. The van der Waals surface area contributed by atoms with Gasteiger partial charge in [0.2, 0.25) is 17.7 Å². The summed E-state index contributed by atoms with van der Waals surface area (Å²) < 4.78 is 38.6. The highest BCUT2D eigenvalue weighted by atomic mass is 32.1. The number of nitrogens with one attached hydrogen (secondary N) is 3. The number of benzene rings is 3. The molecule has 16 nitrogen and oxygen atoms in total. The molecule has 5 N–H and O–H groups in total. The zero-order chi connectivity index (χ0) is 57.1. The zero-order valence-electron chi connectivity index (χ0n) is 46.9. The number of ether oxygens (including phenoxy) is 1. The highest BCUT2D eigenvalue weighted by molar-refractivity contribution is 7.13. The highest BCUT2D eigenvalue weighted by Crippen LogP contribution is 2.40. The van der Waals surface area contributed by atoms with E-state index in [1.54, 1.807) is 17.5 Å². The van der Waals surface area contributed by atoms with Crippen LogP contribution >= 0.6 is 11.3 Å². The molecule has 2 bridgehead atoms. The fourth-order valence-corrected chi connectivity index (χ4v) is 13.0. The van der Waals surface area contributed by atoms with Crippen LogP contribution in [0, 0.1) is 36.3 Å². The van der Waals surface area contributed by atoms with E-state index in [0.29, 0.717) is 42.6 Å². The molecule has 4 saturated heterocycles. The molecule has 3 unspecified atom stereocenters. The molecule has 10 rings (SSSR count). The number of unbranched alkanes of at least 4 members (excludes halogenated alkanes) is 6. The number of aliphatic hydroxyl groups is 1. The summed E-state index contributed by atoms with van der Waals surface area (Å²) in [6.07, 6.45) is 16.2. The molecule has 7 heterocycles. The number of pyridine rings is 1. The number of likely N-dealkylation sites (tertiary alicyclic amines) is 2. The molecule has 4 fully saturated rings. The number of carbonyl (C=O) groups is 3. The molecule has 19 heteroatoms. The van der Waals surface area contributed by atoms with Crippen molar-refractivity contribution < 1.29 is 38.1 Å². The third-order valence-corrected chi connectivity index (χ3v) is 17.5. The molecule has 0 aliphatic carbocycles. The number of phenolic OH excluding ortho intramolecular Hbond substituents is 1. The highest BCUT2D eigenvalue weighted by Gasteiger charge is 2.45. The van der Waals surface area contributed by atoms with E-state index in [-0.39, 0.29) is 101 Å². The summed E-state index contributed by atoms with van der Waals surface area (Å²) in [4.78, 5) is 66.9. The Morgan fingerprint density at radius 2 is 1.65 bits per heavy atom. The molecule has 3 aromatic heterocycles. The normalized spacial score (nSPS) is 20.9. The van der Waals surface area contributed by atoms with Gasteiger partial charge in [0.05, 0.1) is 39.2 Å². The third kappa shape index (κ3) is 12.9. The minimum atomic E-state index is -0.880. The molecule has 0 radical (unpaired) electrons. The number of aliphatic hydroxyl groups excluding tert-OH is 1. The van der Waals surface area contributed by atoms with Crippen molar-refractivity contribution in [2.24, 2.45) is 5.41 Å². The summed E-state index contributed by atoms with van der Waals surface area (Å²) in [6, 6.07) is 12.0. The van der Waals surface area contributed by atoms with Gasteiger partial charge in [-0.15, -0.1) is 17.8 Å². The predicted octanol–water partition coefficient (Wildman–Crippen LogP) is 9.13. The number of anilines is 1. The van der Waals surface area contributed by atoms with Crippen LogP contribution in [0.15, 0.2) is 60.2 Å². The molecule has 3 aromatic carbocycles. The summed E-state index contributed by atoms with van der Waals surface area (Å²) in [6.45, 7) is 13.4. The lowest BCUT2D eigenvalue weighted by Crippen LogP contribution is -2.57. The van der Waals surface area contributed by atoms with Gasteiger partial charge in [0.25, 0.3) is 0 Å². The zero-order valence-corrected chi connectivity index (χ0v) is 47.8. The van der Waals surface area contributed by atoms with Crippen LogP contribution in [0.2, 0.25) is 0 Å². The van der Waals surface area contributed by atoms with E-state index in [1.807, 2.05) is 64.4 Å². The summed E-state index contributed by atoms with van der Waals surface area (Å²) in [5.74, 6) is 0.485. The van der Waals surface area contributed by atoms with Crippen molar-refractivity contribution in [3.8, 4) is 45.8 Å². The maximum atomic E-state index is 17.1. The number of hydrogen-bond acceptors (Lipinski definition) is 14. The smallest absolute Gasteiger partial charge is 0.319 e. The van der Waals surface area contributed by atoms with Crippen molar-refractivity contribution in [3.05, 3.63) is 88.7 Å². The van der Waals surface area contributed by atoms with Gasteiger partial charge >= 0.3 is 6.01 Å². The number of thiazole rings is 1. The molecule has 0 saturated carbocycles. The Balaban J connectivity index is 0.677. The van der Waals surface area contributed by atoms with Crippen molar-refractivity contribution >= 4 is 56.6 Å². The Morgan fingerprint density at radius 3 is 2.36 bits per heavy atom. The van der Waals surface area contributed by atoms with Crippen LogP contribution in [0.3, 0.4) is 0 Å². The standard InChI is InChI=1S/C62H74F2N10O6S/c1-7-46-49(63)23-20-40-27-43(75)28-47(52(40)46)54-53(64)55-48(30-65-54)58(73-31-41-21-22-42(32-73)68-41)71-61(70-55)80-45-24-26-72(34-45)25-14-12-10-8-9-11-13-15-51(77)69-57(62(4,5)6)60(79)74-33-44(76)29-50(74)59(78)67-36(2)38-16-18-39(19-17-38)56-37(3)66-35-81-56/h1,16-20,23,27-28,30,35-36,41-42,44-45,50,57,68,75-76H,8-15,21-22,24-26,29,31-34H2,2-6H3,(H,67,78)(H,69,77)/t36-,41?,42?,44+,45?,50-,57+/m0/s1. The quantitative estimate of drug-likeness (QED) is 0.0359. The van der Waals surface area contributed by atoms with Gasteiger partial charge in [-0.1, -0.05) is 89.1 Å². The number of aryl methyl sites for hydroxylation is 1. The van der Waals surface area contributed by atoms with E-state index in [9.17, 15) is 24.6 Å². The summed E-state index contributed by atoms with van der Waals surface area (Å²) in [7, 11) is 0. The Kier molecular flexibility index (Phi) is 17.5. The Morgan fingerprint density at radius 1 is 0.926 bits per heavy atom. The molecule has 4 aliphatic heterocycles. The minimum absolute atomic E-state index is 0.0121. The lowest BCUT2D eigenvalue weighted by atomic mass is 9.85. The van der Waals surface area contributed by atoms with Crippen LogP contribution in [0.5, 0.6) is 11.8 Å². The number of fused-ring (bicyclic) bond motifs is 4. The van der Waals surface area contributed by atoms with Crippen LogP contribution < -0.4 is 25.6 Å².